The van der Waals surface area contributed by atoms with Gasteiger partial charge in [0.2, 0.25) is 0 Å². The normalized spacial score (nSPS) is 14.5. The SMILES string of the molecule is Nc1ccc2c(c1)C(=O)CC=N2. The predicted octanol–water partition coefficient (Wildman–Crippen LogP) is 1.56. The number of hydrogen-bond acceptors (Lipinski definition) is 3. The quantitative estimate of drug-likeness (QED) is 0.585. The fourth-order valence-electron chi connectivity index (χ4n) is 1.23. The van der Waals surface area contributed by atoms with Gasteiger partial charge in [-0.15, -0.1) is 0 Å². The molecule has 0 spiro atoms. The van der Waals surface area contributed by atoms with Crippen LogP contribution in [0.3, 0.4) is 0 Å². The Hall–Kier alpha value is -1.64. The Labute approximate surface area is 69.9 Å². The molecule has 60 valence electrons. The van der Waals surface area contributed by atoms with Gasteiger partial charge in [0, 0.05) is 23.9 Å². The lowest BCUT2D eigenvalue weighted by atomic mass is 10.0. The van der Waals surface area contributed by atoms with Gasteiger partial charge in [0.1, 0.15) is 0 Å². The molecule has 0 bridgehead atoms. The van der Waals surface area contributed by atoms with Crippen molar-refractivity contribution in [2.75, 3.05) is 5.73 Å². The van der Waals surface area contributed by atoms with Crippen LogP contribution in [-0.2, 0) is 0 Å². The maximum Gasteiger partial charge on any atom is 0.170 e. The van der Waals surface area contributed by atoms with Crippen LogP contribution >= 0.6 is 0 Å². The number of nitrogens with two attached hydrogens (primary N) is 1. The molecule has 12 heavy (non-hydrogen) atoms. The molecule has 0 unspecified atom stereocenters. The lowest BCUT2D eigenvalue weighted by molar-refractivity contribution is 0.100. The monoisotopic (exact) mass is 160 g/mol. The van der Waals surface area contributed by atoms with Gasteiger partial charge in [0.05, 0.1) is 5.69 Å². The summed E-state index contributed by atoms with van der Waals surface area (Å²) in [6, 6.07) is 5.18. The van der Waals surface area contributed by atoms with Gasteiger partial charge in [-0.25, -0.2) is 0 Å². The summed E-state index contributed by atoms with van der Waals surface area (Å²) < 4.78 is 0. The van der Waals surface area contributed by atoms with Crippen molar-refractivity contribution in [1.29, 1.82) is 0 Å². The molecule has 0 saturated carbocycles. The Kier molecular flexibility index (Phi) is 1.43. The van der Waals surface area contributed by atoms with Gasteiger partial charge in [0.15, 0.2) is 5.78 Å². The average Bonchev–Trinajstić information content (AvgIpc) is 2.07. The van der Waals surface area contributed by atoms with E-state index in [1.54, 1.807) is 24.4 Å². The van der Waals surface area contributed by atoms with E-state index in [2.05, 4.69) is 4.99 Å². The number of nitrogen functional groups attached to an aromatic ring is 1. The number of aliphatic imine (C=N–C) groups is 1. The Morgan fingerprint density at radius 1 is 1.42 bits per heavy atom. The first-order valence-corrected chi connectivity index (χ1v) is 3.72. The van der Waals surface area contributed by atoms with Crippen molar-refractivity contribution in [3.63, 3.8) is 0 Å². The molecule has 0 aliphatic carbocycles. The summed E-state index contributed by atoms with van der Waals surface area (Å²) in [5.41, 5.74) is 7.51. The van der Waals surface area contributed by atoms with Crippen LogP contribution in [0.1, 0.15) is 16.8 Å². The maximum absolute atomic E-state index is 11.3. The van der Waals surface area contributed by atoms with Gasteiger partial charge in [-0.2, -0.15) is 0 Å². The van der Waals surface area contributed by atoms with E-state index in [1.807, 2.05) is 0 Å². The summed E-state index contributed by atoms with van der Waals surface area (Å²) in [6.45, 7) is 0. The fraction of sp³-hybridized carbons (Fsp3) is 0.111. The molecule has 2 rings (SSSR count). The number of ketones is 1. The maximum atomic E-state index is 11.3. The number of benzene rings is 1. The van der Waals surface area contributed by atoms with Crippen LogP contribution in [0.25, 0.3) is 0 Å². The molecule has 2 N–H and O–H groups in total. The second kappa shape index (κ2) is 2.44. The topological polar surface area (TPSA) is 55.5 Å². The van der Waals surface area contributed by atoms with Gasteiger partial charge < -0.3 is 5.73 Å². The highest BCUT2D eigenvalue weighted by molar-refractivity contribution is 6.10. The van der Waals surface area contributed by atoms with Gasteiger partial charge >= 0.3 is 0 Å². The Morgan fingerprint density at radius 2 is 2.25 bits per heavy atom. The zero-order chi connectivity index (χ0) is 8.55. The number of Topliss-reactive ketones (excluding diaryl/α,β-unsaturated/α-hetero) is 1. The first-order chi connectivity index (χ1) is 5.77. The zero-order valence-corrected chi connectivity index (χ0v) is 6.45. The van der Waals surface area contributed by atoms with Crippen molar-refractivity contribution in [3.05, 3.63) is 23.8 Å². The van der Waals surface area contributed by atoms with E-state index in [-0.39, 0.29) is 5.78 Å². The summed E-state index contributed by atoms with van der Waals surface area (Å²) in [4.78, 5) is 15.4. The van der Waals surface area contributed by atoms with Crippen molar-refractivity contribution >= 4 is 23.4 Å². The highest BCUT2D eigenvalue weighted by atomic mass is 16.1. The number of carbonyl (C=O) groups excluding carboxylic acids is 1. The number of rotatable bonds is 0. The standard InChI is InChI=1S/C9H8N2O/c10-6-1-2-8-7(5-6)9(12)3-4-11-8/h1-2,4-5H,3,10H2. The minimum Gasteiger partial charge on any atom is -0.399 e. The second-order valence-corrected chi connectivity index (χ2v) is 2.72. The van der Waals surface area contributed by atoms with E-state index in [9.17, 15) is 4.79 Å². The molecule has 3 heteroatoms. The van der Waals surface area contributed by atoms with Gasteiger partial charge in [0.25, 0.3) is 0 Å². The van der Waals surface area contributed by atoms with E-state index >= 15 is 0 Å². The van der Waals surface area contributed by atoms with Crippen LogP contribution in [0.4, 0.5) is 11.4 Å². The largest absolute Gasteiger partial charge is 0.399 e. The summed E-state index contributed by atoms with van der Waals surface area (Å²) >= 11 is 0. The van der Waals surface area contributed by atoms with Crippen molar-refractivity contribution in [1.82, 2.24) is 0 Å². The van der Waals surface area contributed by atoms with Crippen LogP contribution in [0, 0.1) is 0 Å². The zero-order valence-electron chi connectivity index (χ0n) is 6.45. The van der Waals surface area contributed by atoms with E-state index < -0.39 is 0 Å². The first-order valence-electron chi connectivity index (χ1n) is 3.72. The van der Waals surface area contributed by atoms with E-state index in [4.69, 9.17) is 5.73 Å². The molecule has 1 aromatic rings. The Balaban J connectivity index is 2.63. The summed E-state index contributed by atoms with van der Waals surface area (Å²) in [6.07, 6.45) is 2.01. The van der Waals surface area contributed by atoms with Crippen molar-refractivity contribution in [2.45, 2.75) is 6.42 Å². The second-order valence-electron chi connectivity index (χ2n) is 2.72. The molecular weight excluding hydrogens is 152 g/mol. The lowest BCUT2D eigenvalue weighted by Gasteiger charge is -2.08. The molecule has 0 amide bonds. The number of nitrogens with zero attached hydrogens (tertiary/aromatic N) is 1. The molecule has 0 fully saturated rings. The third-order valence-corrected chi connectivity index (χ3v) is 1.83. The molecule has 0 atom stereocenters. The first kappa shape index (κ1) is 7.03. The van der Waals surface area contributed by atoms with Crippen molar-refractivity contribution in [3.8, 4) is 0 Å². The molecule has 0 radical (unpaired) electrons. The van der Waals surface area contributed by atoms with Crippen molar-refractivity contribution < 1.29 is 4.79 Å². The highest BCUT2D eigenvalue weighted by Gasteiger charge is 2.13. The molecule has 0 saturated heterocycles. The van der Waals surface area contributed by atoms with Crippen LogP contribution < -0.4 is 5.73 Å². The third-order valence-electron chi connectivity index (χ3n) is 1.83. The lowest BCUT2D eigenvalue weighted by Crippen LogP contribution is -2.04. The molecule has 1 aromatic carbocycles. The van der Waals surface area contributed by atoms with Crippen LogP contribution in [0.15, 0.2) is 23.2 Å². The smallest absolute Gasteiger partial charge is 0.170 e. The summed E-state index contributed by atoms with van der Waals surface area (Å²) in [5, 5.41) is 0. The molecule has 1 aliphatic heterocycles. The molecule has 1 heterocycles. The number of carbonyl (C=O) groups is 1. The third kappa shape index (κ3) is 0.993. The van der Waals surface area contributed by atoms with Gasteiger partial charge in [-0.05, 0) is 18.2 Å². The van der Waals surface area contributed by atoms with E-state index in [0.717, 1.165) is 5.69 Å². The summed E-state index contributed by atoms with van der Waals surface area (Å²) in [5.74, 6) is 0.0901. The fourth-order valence-corrected chi connectivity index (χ4v) is 1.23. The minimum atomic E-state index is 0.0901. The molecular formula is C9H8N2O. The average molecular weight is 160 g/mol. The number of hydrogen-bond donors (Lipinski definition) is 1. The molecule has 1 aliphatic rings. The van der Waals surface area contributed by atoms with Gasteiger partial charge in [-0.3, -0.25) is 9.79 Å². The van der Waals surface area contributed by atoms with E-state index in [1.165, 1.54) is 0 Å². The van der Waals surface area contributed by atoms with Crippen molar-refractivity contribution in [2.24, 2.45) is 4.99 Å². The molecule has 0 aromatic heterocycles. The number of anilines is 1. The molecule has 3 nitrogen and oxygen atoms in total. The van der Waals surface area contributed by atoms with Gasteiger partial charge in [-0.1, -0.05) is 0 Å². The van der Waals surface area contributed by atoms with Crippen LogP contribution in [0.5, 0.6) is 0 Å². The number of fused-ring (bicyclic) bond motifs is 1. The highest BCUT2D eigenvalue weighted by Crippen LogP contribution is 2.25. The van der Waals surface area contributed by atoms with Crippen LogP contribution in [0.2, 0.25) is 0 Å². The minimum absolute atomic E-state index is 0.0901. The summed E-state index contributed by atoms with van der Waals surface area (Å²) in [7, 11) is 0. The van der Waals surface area contributed by atoms with E-state index in [0.29, 0.717) is 17.7 Å². The Morgan fingerprint density at radius 3 is 3.08 bits per heavy atom. The Bertz CT molecular complexity index is 369. The predicted molar refractivity (Wildman–Crippen MR) is 48.0 cm³/mol. The van der Waals surface area contributed by atoms with Crippen LogP contribution in [-0.4, -0.2) is 12.0 Å².